The second-order valence-corrected chi connectivity index (χ2v) is 5.09. The molecule has 1 amide bonds. The number of nitrogens with zero attached hydrogens (tertiary/aromatic N) is 2. The van der Waals surface area contributed by atoms with E-state index >= 15 is 0 Å². The monoisotopic (exact) mass is 320 g/mol. The van der Waals surface area contributed by atoms with Crippen LogP contribution in [0.1, 0.15) is 13.3 Å². The van der Waals surface area contributed by atoms with E-state index in [1.54, 1.807) is 13.0 Å². The van der Waals surface area contributed by atoms with Gasteiger partial charge in [0.2, 0.25) is 5.91 Å². The summed E-state index contributed by atoms with van der Waals surface area (Å²) in [6.07, 6.45) is -3.44. The Morgan fingerprint density at radius 3 is 2.71 bits per heavy atom. The van der Waals surface area contributed by atoms with Crippen molar-refractivity contribution in [3.63, 3.8) is 0 Å². The average molecular weight is 321 g/mol. The van der Waals surface area contributed by atoms with Gasteiger partial charge < -0.3 is 5.32 Å². The van der Waals surface area contributed by atoms with Crippen molar-refractivity contribution in [1.82, 2.24) is 10.4 Å². The van der Waals surface area contributed by atoms with Crippen LogP contribution in [0.2, 0.25) is 5.15 Å². The van der Waals surface area contributed by atoms with Crippen LogP contribution in [0.3, 0.4) is 0 Å². The second-order valence-electron chi connectivity index (χ2n) is 4.70. The molecule has 5 nitrogen and oxygen atoms in total. The number of hydrazone groups is 1. The number of aromatic nitrogens is 1. The number of nitrogens with one attached hydrogen (secondary N) is 2. The summed E-state index contributed by atoms with van der Waals surface area (Å²) in [7, 11) is 0. The first-order chi connectivity index (χ1) is 9.77. The molecule has 0 aromatic carbocycles. The van der Waals surface area contributed by atoms with Gasteiger partial charge in [-0.3, -0.25) is 10.2 Å². The third-order valence-corrected chi connectivity index (χ3v) is 3.25. The van der Waals surface area contributed by atoms with Gasteiger partial charge >= 0.3 is 6.18 Å². The molecule has 1 aromatic heterocycles. The lowest BCUT2D eigenvalue weighted by Gasteiger charge is -2.28. The number of hydrogen-bond donors (Lipinski definition) is 2. The lowest BCUT2D eigenvalue weighted by atomic mass is 9.93. The first-order valence-electron chi connectivity index (χ1n) is 6.09. The van der Waals surface area contributed by atoms with Crippen molar-refractivity contribution in [1.29, 1.82) is 0 Å². The van der Waals surface area contributed by atoms with E-state index in [4.69, 9.17) is 11.6 Å². The topological polar surface area (TPSA) is 66.4 Å². The Balaban J connectivity index is 2.04. The fourth-order valence-corrected chi connectivity index (χ4v) is 2.02. The molecule has 1 aliphatic heterocycles. The normalized spacial score (nSPS) is 22.2. The van der Waals surface area contributed by atoms with Crippen LogP contribution in [0.5, 0.6) is 0 Å². The highest BCUT2D eigenvalue weighted by molar-refractivity contribution is 6.29. The van der Waals surface area contributed by atoms with E-state index in [1.807, 2.05) is 0 Å². The molecule has 21 heavy (non-hydrogen) atoms. The van der Waals surface area contributed by atoms with Crippen LogP contribution in [0, 0.1) is 5.92 Å². The standard InChI is InChI=1S/C12H12ClF3N4O/c1-6-4-8(12(14,15)16)19-20-10(6)11(21)18-7-2-3-9(13)17-5-7/h2-3,5-6,10,20H,4H2,1H3,(H,18,21). The van der Waals surface area contributed by atoms with Crippen molar-refractivity contribution in [2.45, 2.75) is 25.6 Å². The molecule has 2 heterocycles. The van der Waals surface area contributed by atoms with Gasteiger partial charge in [-0.05, 0) is 18.1 Å². The molecule has 2 N–H and O–H groups in total. The summed E-state index contributed by atoms with van der Waals surface area (Å²) in [4.78, 5) is 15.8. The third-order valence-electron chi connectivity index (χ3n) is 3.03. The maximum atomic E-state index is 12.5. The van der Waals surface area contributed by atoms with E-state index in [-0.39, 0.29) is 11.6 Å². The summed E-state index contributed by atoms with van der Waals surface area (Å²) >= 11 is 5.62. The number of pyridine rings is 1. The lowest BCUT2D eigenvalue weighted by Crippen LogP contribution is -2.48. The molecule has 2 atom stereocenters. The van der Waals surface area contributed by atoms with Gasteiger partial charge in [0, 0.05) is 6.42 Å². The Bertz CT molecular complexity index is 559. The summed E-state index contributed by atoms with van der Waals surface area (Å²) in [5.74, 6) is -1.02. The van der Waals surface area contributed by atoms with Crippen LogP contribution in [0.4, 0.5) is 18.9 Å². The summed E-state index contributed by atoms with van der Waals surface area (Å²) < 4.78 is 37.6. The largest absolute Gasteiger partial charge is 0.431 e. The Morgan fingerprint density at radius 1 is 1.48 bits per heavy atom. The lowest BCUT2D eigenvalue weighted by molar-refractivity contribution is -0.119. The zero-order chi connectivity index (χ0) is 15.6. The van der Waals surface area contributed by atoms with Crippen LogP contribution < -0.4 is 10.7 Å². The summed E-state index contributed by atoms with van der Waals surface area (Å²) in [6.45, 7) is 1.55. The van der Waals surface area contributed by atoms with Crippen LogP contribution in [-0.4, -0.2) is 28.8 Å². The van der Waals surface area contributed by atoms with Gasteiger partial charge in [0.15, 0.2) is 0 Å². The predicted octanol–water partition coefficient (Wildman–Crippen LogP) is 2.59. The van der Waals surface area contributed by atoms with Gasteiger partial charge in [0.05, 0.1) is 11.9 Å². The molecule has 1 aliphatic rings. The molecule has 1 aromatic rings. The van der Waals surface area contributed by atoms with Gasteiger partial charge in [-0.2, -0.15) is 18.3 Å². The van der Waals surface area contributed by atoms with Crippen LogP contribution in [0.15, 0.2) is 23.4 Å². The molecule has 114 valence electrons. The molecule has 0 fully saturated rings. The highest BCUT2D eigenvalue weighted by Crippen LogP contribution is 2.26. The number of halogens is 4. The Morgan fingerprint density at radius 2 is 2.19 bits per heavy atom. The van der Waals surface area contributed by atoms with E-state index < -0.39 is 29.8 Å². The highest BCUT2D eigenvalue weighted by atomic mass is 35.5. The molecule has 0 spiro atoms. The first-order valence-corrected chi connectivity index (χ1v) is 6.47. The molecular formula is C12H12ClF3N4O. The van der Waals surface area contributed by atoms with Gasteiger partial charge in [-0.15, -0.1) is 0 Å². The fourth-order valence-electron chi connectivity index (χ4n) is 1.91. The zero-order valence-electron chi connectivity index (χ0n) is 10.9. The minimum Gasteiger partial charge on any atom is -0.323 e. The fraction of sp³-hybridized carbons (Fsp3) is 0.417. The van der Waals surface area contributed by atoms with E-state index in [0.29, 0.717) is 5.69 Å². The summed E-state index contributed by atoms with van der Waals surface area (Å²) in [5, 5.41) is 6.08. The van der Waals surface area contributed by atoms with Gasteiger partial charge in [-0.25, -0.2) is 4.98 Å². The highest BCUT2D eigenvalue weighted by Gasteiger charge is 2.41. The molecule has 0 aliphatic carbocycles. The molecule has 0 radical (unpaired) electrons. The van der Waals surface area contributed by atoms with Gasteiger partial charge in [-0.1, -0.05) is 18.5 Å². The third kappa shape index (κ3) is 3.84. The average Bonchev–Trinajstić information content (AvgIpc) is 2.40. The van der Waals surface area contributed by atoms with Gasteiger partial charge in [0.25, 0.3) is 0 Å². The van der Waals surface area contributed by atoms with E-state index in [1.165, 1.54) is 12.3 Å². The maximum Gasteiger partial charge on any atom is 0.431 e. The van der Waals surface area contributed by atoms with Crippen molar-refractivity contribution < 1.29 is 18.0 Å². The number of carbonyl (C=O) groups excluding carboxylic acids is 1. The van der Waals surface area contributed by atoms with Crippen molar-refractivity contribution in [3.05, 3.63) is 23.5 Å². The molecule has 0 saturated heterocycles. The maximum absolute atomic E-state index is 12.5. The van der Waals surface area contributed by atoms with Crippen LogP contribution in [-0.2, 0) is 4.79 Å². The van der Waals surface area contributed by atoms with E-state index in [0.717, 1.165) is 0 Å². The number of anilines is 1. The van der Waals surface area contributed by atoms with Gasteiger partial charge in [0.1, 0.15) is 16.9 Å². The zero-order valence-corrected chi connectivity index (χ0v) is 11.7. The summed E-state index contributed by atoms with van der Waals surface area (Å²) in [5.41, 5.74) is 1.76. The molecule has 9 heteroatoms. The van der Waals surface area contributed by atoms with Crippen molar-refractivity contribution in [2.24, 2.45) is 11.0 Å². The summed E-state index contributed by atoms with van der Waals surface area (Å²) in [6, 6.07) is 2.20. The minimum atomic E-state index is -4.48. The Kier molecular flexibility index (Phi) is 4.36. The molecule has 2 unspecified atom stereocenters. The number of amides is 1. The van der Waals surface area contributed by atoms with Crippen LogP contribution >= 0.6 is 11.6 Å². The molecule has 0 saturated carbocycles. The Labute approximate surface area is 123 Å². The molecular weight excluding hydrogens is 309 g/mol. The number of alkyl halides is 3. The SMILES string of the molecule is CC1CC(C(F)(F)F)=NNC1C(=O)Nc1ccc(Cl)nc1. The van der Waals surface area contributed by atoms with E-state index in [9.17, 15) is 18.0 Å². The number of hydrogen-bond acceptors (Lipinski definition) is 4. The number of rotatable bonds is 2. The van der Waals surface area contributed by atoms with Crippen LogP contribution in [0.25, 0.3) is 0 Å². The van der Waals surface area contributed by atoms with Crippen molar-refractivity contribution >= 4 is 28.9 Å². The smallest absolute Gasteiger partial charge is 0.323 e. The Hall–Kier alpha value is -1.83. The van der Waals surface area contributed by atoms with Crippen molar-refractivity contribution in [3.8, 4) is 0 Å². The first kappa shape index (κ1) is 15.6. The number of carbonyl (C=O) groups is 1. The second kappa shape index (κ2) is 5.88. The van der Waals surface area contributed by atoms with E-state index in [2.05, 4.69) is 20.8 Å². The minimum absolute atomic E-state index is 0.275. The molecule has 0 bridgehead atoms. The molecule has 2 rings (SSSR count). The quantitative estimate of drug-likeness (QED) is 0.823. The van der Waals surface area contributed by atoms with Crippen molar-refractivity contribution in [2.75, 3.05) is 5.32 Å². The predicted molar refractivity (Wildman–Crippen MR) is 72.1 cm³/mol.